The monoisotopic (exact) mass is 286 g/mol. The van der Waals surface area contributed by atoms with E-state index in [1.165, 1.54) is 6.92 Å². The van der Waals surface area contributed by atoms with Crippen LogP contribution in [0, 0.1) is 35.5 Å². The van der Waals surface area contributed by atoms with Gasteiger partial charge in [-0.3, -0.25) is 4.79 Å². The van der Waals surface area contributed by atoms with Gasteiger partial charge in [0.25, 0.3) is 0 Å². The Bertz CT molecular complexity index is 602. The summed E-state index contributed by atoms with van der Waals surface area (Å²) in [6, 6.07) is 0. The van der Waals surface area contributed by atoms with Crippen LogP contribution in [0.3, 0.4) is 0 Å². The van der Waals surface area contributed by atoms with E-state index in [1.807, 2.05) is 6.08 Å². The van der Waals surface area contributed by atoms with Gasteiger partial charge in [-0.05, 0) is 29.8 Å². The molecule has 0 aromatic rings. The van der Waals surface area contributed by atoms with E-state index < -0.39 is 0 Å². The van der Waals surface area contributed by atoms with Crippen LogP contribution in [0.15, 0.2) is 12.2 Å². The topological polar surface area (TPSA) is 71.6 Å². The van der Waals surface area contributed by atoms with Crippen molar-refractivity contribution in [1.82, 2.24) is 0 Å². The third-order valence-electron chi connectivity index (χ3n) is 2.69. The van der Waals surface area contributed by atoms with E-state index >= 15 is 0 Å². The molecule has 1 N–H and O–H groups in total. The van der Waals surface area contributed by atoms with Crippen LogP contribution in [0.1, 0.15) is 6.92 Å². The molecule has 0 saturated carbocycles. The normalized spacial score (nSPS) is 28.3. The van der Waals surface area contributed by atoms with Crippen molar-refractivity contribution in [2.75, 3.05) is 13.2 Å². The molecule has 2 aliphatic rings. The van der Waals surface area contributed by atoms with Gasteiger partial charge >= 0.3 is 5.97 Å². The van der Waals surface area contributed by atoms with E-state index in [1.54, 1.807) is 6.08 Å². The lowest BCUT2D eigenvalue weighted by Gasteiger charge is -1.93. The molecular weight excluding hydrogens is 272 g/mol. The minimum absolute atomic E-state index is 0.00105. The van der Waals surface area contributed by atoms with E-state index in [-0.39, 0.29) is 43.6 Å². The molecule has 4 atom stereocenters. The molecule has 108 valence electrons. The molecular formula is C16H14O5. The standard InChI is InChI=1S/C16H14O5/c1-12(18)19-11-7-9-14-16(21-14)15-13(20-15)8-5-3-2-4-6-10-17/h7,9,13-17H,10-11H2,1H3/b9-7+/t13-,14-,15+,16+/m0/s1. The summed E-state index contributed by atoms with van der Waals surface area (Å²) >= 11 is 0. The fourth-order valence-corrected chi connectivity index (χ4v) is 1.65. The van der Waals surface area contributed by atoms with Crippen LogP contribution >= 0.6 is 0 Å². The van der Waals surface area contributed by atoms with Crippen molar-refractivity contribution >= 4 is 5.97 Å². The predicted molar refractivity (Wildman–Crippen MR) is 73.5 cm³/mol. The lowest BCUT2D eigenvalue weighted by Crippen LogP contribution is -2.04. The molecule has 0 bridgehead atoms. The van der Waals surface area contributed by atoms with E-state index in [9.17, 15) is 4.79 Å². The summed E-state index contributed by atoms with van der Waals surface area (Å²) in [7, 11) is 0. The fourth-order valence-electron chi connectivity index (χ4n) is 1.65. The number of carbonyl (C=O) groups excluding carboxylic acids is 1. The van der Waals surface area contributed by atoms with Crippen LogP contribution < -0.4 is 0 Å². The maximum Gasteiger partial charge on any atom is 0.302 e. The largest absolute Gasteiger partial charge is 0.462 e. The molecule has 0 aromatic heterocycles. The first-order chi connectivity index (χ1) is 10.2. The summed E-state index contributed by atoms with van der Waals surface area (Å²) in [4.78, 5) is 10.6. The van der Waals surface area contributed by atoms with Crippen molar-refractivity contribution in [3.63, 3.8) is 0 Å². The Morgan fingerprint density at radius 1 is 1.24 bits per heavy atom. The highest BCUT2D eigenvalue weighted by Gasteiger charge is 2.56. The van der Waals surface area contributed by atoms with Gasteiger partial charge < -0.3 is 19.3 Å². The Hall–Kier alpha value is -2.23. The number of rotatable bonds is 4. The predicted octanol–water partition coefficient (Wildman–Crippen LogP) is -0.357. The lowest BCUT2D eigenvalue weighted by molar-refractivity contribution is -0.139. The van der Waals surface area contributed by atoms with Crippen LogP contribution in [0.2, 0.25) is 0 Å². The molecule has 0 spiro atoms. The minimum Gasteiger partial charge on any atom is -0.462 e. The number of epoxide rings is 2. The molecule has 2 saturated heterocycles. The summed E-state index contributed by atoms with van der Waals surface area (Å²) in [5, 5.41) is 8.41. The van der Waals surface area contributed by atoms with E-state index in [4.69, 9.17) is 19.3 Å². The van der Waals surface area contributed by atoms with E-state index in [2.05, 4.69) is 35.5 Å². The first kappa shape index (κ1) is 15.2. The maximum absolute atomic E-state index is 10.6. The average Bonchev–Trinajstić information content (AvgIpc) is 3.33. The highest BCUT2D eigenvalue weighted by atomic mass is 16.7. The quantitative estimate of drug-likeness (QED) is 0.331. The Kier molecular flexibility index (Phi) is 5.43. The fraction of sp³-hybridized carbons (Fsp3) is 0.438. The summed E-state index contributed by atoms with van der Waals surface area (Å²) in [6.07, 6.45) is 3.44. The first-order valence-corrected chi connectivity index (χ1v) is 6.42. The molecule has 0 aromatic carbocycles. The lowest BCUT2D eigenvalue weighted by atomic mass is 10.2. The second-order valence-electron chi connectivity index (χ2n) is 4.30. The third kappa shape index (κ3) is 5.34. The second-order valence-corrected chi connectivity index (χ2v) is 4.30. The molecule has 21 heavy (non-hydrogen) atoms. The number of hydrogen-bond acceptors (Lipinski definition) is 5. The van der Waals surface area contributed by atoms with E-state index in [0.29, 0.717) is 0 Å². The van der Waals surface area contributed by atoms with Crippen LogP contribution in [-0.2, 0) is 19.0 Å². The molecule has 0 unspecified atom stereocenters. The number of carbonyl (C=O) groups is 1. The second kappa shape index (κ2) is 7.53. The van der Waals surface area contributed by atoms with Crippen molar-refractivity contribution in [2.24, 2.45) is 0 Å². The van der Waals surface area contributed by atoms with Crippen molar-refractivity contribution in [3.8, 4) is 35.5 Å². The van der Waals surface area contributed by atoms with Crippen LogP contribution in [0.25, 0.3) is 0 Å². The van der Waals surface area contributed by atoms with Gasteiger partial charge in [0.2, 0.25) is 0 Å². The summed E-state index contributed by atoms with van der Waals surface area (Å²) in [5.74, 6) is 15.1. The Morgan fingerprint density at radius 2 is 2.05 bits per heavy atom. The molecule has 2 rings (SSSR count). The van der Waals surface area contributed by atoms with Crippen molar-refractivity contribution < 1.29 is 24.1 Å². The van der Waals surface area contributed by atoms with Gasteiger partial charge in [0.15, 0.2) is 0 Å². The third-order valence-corrected chi connectivity index (χ3v) is 2.69. The van der Waals surface area contributed by atoms with Crippen LogP contribution in [0.5, 0.6) is 0 Å². The van der Waals surface area contributed by atoms with Crippen LogP contribution in [-0.4, -0.2) is 48.7 Å². The van der Waals surface area contributed by atoms with Gasteiger partial charge in [-0.25, -0.2) is 0 Å². The summed E-state index contributed by atoms with van der Waals surface area (Å²) in [5.41, 5.74) is 0. The first-order valence-electron chi connectivity index (χ1n) is 6.42. The van der Waals surface area contributed by atoms with Gasteiger partial charge in [-0.15, -0.1) is 0 Å². The van der Waals surface area contributed by atoms with Gasteiger partial charge in [-0.1, -0.05) is 17.9 Å². The highest BCUT2D eigenvalue weighted by molar-refractivity contribution is 5.66. The van der Waals surface area contributed by atoms with Crippen molar-refractivity contribution in [2.45, 2.75) is 31.3 Å². The molecule has 0 aliphatic carbocycles. The van der Waals surface area contributed by atoms with Gasteiger partial charge in [-0.2, -0.15) is 0 Å². The number of esters is 1. The molecule has 0 radical (unpaired) electrons. The highest BCUT2D eigenvalue weighted by Crippen LogP contribution is 2.38. The van der Waals surface area contributed by atoms with Gasteiger partial charge in [0, 0.05) is 6.92 Å². The van der Waals surface area contributed by atoms with Gasteiger partial charge in [0.05, 0.1) is 0 Å². The number of aliphatic hydroxyl groups is 1. The van der Waals surface area contributed by atoms with Crippen LogP contribution in [0.4, 0.5) is 0 Å². The van der Waals surface area contributed by atoms with E-state index in [0.717, 1.165) is 0 Å². The summed E-state index contributed by atoms with van der Waals surface area (Å²) in [6.45, 7) is 1.41. The minimum atomic E-state index is -0.307. The number of aliphatic hydroxyl groups excluding tert-OH is 1. The molecule has 5 nitrogen and oxygen atoms in total. The molecule has 2 heterocycles. The average molecular weight is 286 g/mol. The Balaban J connectivity index is 1.65. The maximum atomic E-state index is 10.6. The molecule has 2 fully saturated rings. The van der Waals surface area contributed by atoms with Gasteiger partial charge in [0.1, 0.15) is 37.6 Å². The zero-order chi connectivity index (χ0) is 15.1. The Labute approximate surface area is 123 Å². The smallest absolute Gasteiger partial charge is 0.302 e. The van der Waals surface area contributed by atoms with Crippen molar-refractivity contribution in [3.05, 3.63) is 12.2 Å². The summed E-state index contributed by atoms with van der Waals surface area (Å²) < 4.78 is 15.6. The Morgan fingerprint density at radius 3 is 2.81 bits per heavy atom. The number of ether oxygens (including phenoxy) is 3. The van der Waals surface area contributed by atoms with Crippen molar-refractivity contribution in [1.29, 1.82) is 0 Å². The zero-order valence-corrected chi connectivity index (χ0v) is 11.5. The molecule has 2 aliphatic heterocycles. The molecule has 5 heteroatoms. The number of hydrogen-bond donors (Lipinski definition) is 1. The SMILES string of the molecule is CC(=O)OC/C=C/[C@@H]1O[C@H]1[C@@H]1O[C@H]1C#CC#CC#CCO. The zero-order valence-electron chi connectivity index (χ0n) is 11.5. The molecule has 0 amide bonds.